The topological polar surface area (TPSA) is 38.3 Å². The van der Waals surface area contributed by atoms with Crippen molar-refractivity contribution in [3.63, 3.8) is 0 Å². The molecule has 21 heavy (non-hydrogen) atoms. The Morgan fingerprint density at radius 1 is 1.29 bits per heavy atom. The Kier molecular flexibility index (Phi) is 5.40. The van der Waals surface area contributed by atoms with Crippen LogP contribution in [-0.4, -0.2) is 25.2 Å². The molecule has 1 aromatic rings. The van der Waals surface area contributed by atoms with E-state index in [0.29, 0.717) is 12.0 Å². The van der Waals surface area contributed by atoms with Gasteiger partial charge < -0.3 is 10.1 Å². The maximum atomic E-state index is 12.4. The van der Waals surface area contributed by atoms with Crippen molar-refractivity contribution in [3.8, 4) is 0 Å². The van der Waals surface area contributed by atoms with Crippen LogP contribution in [0.2, 0.25) is 0 Å². The summed E-state index contributed by atoms with van der Waals surface area (Å²) in [4.78, 5) is 12.4. The predicted molar refractivity (Wildman–Crippen MR) is 85.7 cm³/mol. The Morgan fingerprint density at radius 3 is 2.57 bits per heavy atom. The normalized spacial score (nSPS) is 22.1. The second-order valence-corrected chi connectivity index (χ2v) is 6.39. The minimum atomic E-state index is 0.0603. The van der Waals surface area contributed by atoms with Crippen LogP contribution in [0, 0.1) is 26.7 Å². The zero-order valence-electron chi connectivity index (χ0n) is 13.7. The van der Waals surface area contributed by atoms with Gasteiger partial charge in [0.1, 0.15) is 0 Å². The molecule has 3 nitrogen and oxygen atoms in total. The number of amides is 1. The lowest BCUT2D eigenvalue weighted by Crippen LogP contribution is -2.30. The third-order valence-electron chi connectivity index (χ3n) is 4.34. The van der Waals surface area contributed by atoms with Crippen molar-refractivity contribution < 1.29 is 9.53 Å². The van der Waals surface area contributed by atoms with Gasteiger partial charge in [0.25, 0.3) is 5.91 Å². The van der Waals surface area contributed by atoms with Crippen molar-refractivity contribution >= 4 is 5.91 Å². The number of carbonyl (C=O) groups excluding carboxylic acids is 1. The van der Waals surface area contributed by atoms with E-state index in [2.05, 4.69) is 31.3 Å². The molecule has 1 aliphatic heterocycles. The van der Waals surface area contributed by atoms with Gasteiger partial charge in [0.05, 0.1) is 6.10 Å². The first-order chi connectivity index (χ1) is 9.97. The number of hydrogen-bond acceptors (Lipinski definition) is 2. The summed E-state index contributed by atoms with van der Waals surface area (Å²) in [6.07, 6.45) is 3.63. The minimum Gasteiger partial charge on any atom is -0.378 e. The molecule has 1 fully saturated rings. The summed E-state index contributed by atoms with van der Waals surface area (Å²) >= 11 is 0. The summed E-state index contributed by atoms with van der Waals surface area (Å²) in [6, 6.07) is 4.14. The molecule has 2 rings (SSSR count). The lowest BCUT2D eigenvalue weighted by Gasteiger charge is -2.27. The van der Waals surface area contributed by atoms with Crippen molar-refractivity contribution in [2.75, 3.05) is 13.2 Å². The summed E-state index contributed by atoms with van der Waals surface area (Å²) in [6.45, 7) is 9.82. The third-order valence-corrected chi connectivity index (χ3v) is 4.34. The van der Waals surface area contributed by atoms with Crippen LogP contribution in [0.5, 0.6) is 0 Å². The second-order valence-electron chi connectivity index (χ2n) is 6.39. The Hall–Kier alpha value is -1.35. The zero-order valence-corrected chi connectivity index (χ0v) is 13.7. The monoisotopic (exact) mass is 289 g/mol. The summed E-state index contributed by atoms with van der Waals surface area (Å²) in [5.74, 6) is 0.736. The van der Waals surface area contributed by atoms with Crippen LogP contribution in [0.3, 0.4) is 0 Å². The van der Waals surface area contributed by atoms with E-state index in [-0.39, 0.29) is 5.91 Å². The minimum absolute atomic E-state index is 0.0603. The molecule has 2 atom stereocenters. The van der Waals surface area contributed by atoms with E-state index in [9.17, 15) is 4.79 Å². The summed E-state index contributed by atoms with van der Waals surface area (Å²) in [7, 11) is 0. The Labute approximate surface area is 128 Å². The molecule has 0 radical (unpaired) electrons. The summed E-state index contributed by atoms with van der Waals surface area (Å²) in [5.41, 5.74) is 4.16. The molecule has 0 saturated carbocycles. The van der Waals surface area contributed by atoms with Crippen LogP contribution in [0.1, 0.15) is 53.2 Å². The van der Waals surface area contributed by atoms with Crippen LogP contribution >= 0.6 is 0 Å². The van der Waals surface area contributed by atoms with Crippen molar-refractivity contribution in [1.82, 2.24) is 5.32 Å². The van der Waals surface area contributed by atoms with E-state index in [1.54, 1.807) is 0 Å². The standard InChI is InChI=1S/C18H27NO2/c1-12-9-13(2)17(14(3)10-12)18(20)19-7-5-16-6-8-21-15(4)11-16/h9-10,15-16H,5-8,11H2,1-4H3,(H,19,20)/t15-,16+/m0/s1. The van der Waals surface area contributed by atoms with E-state index in [4.69, 9.17) is 4.74 Å². The zero-order chi connectivity index (χ0) is 15.4. The molecule has 0 bridgehead atoms. The lowest BCUT2D eigenvalue weighted by atomic mass is 9.93. The van der Waals surface area contributed by atoms with Gasteiger partial charge in [-0.3, -0.25) is 4.79 Å². The predicted octanol–water partition coefficient (Wildman–Crippen LogP) is 3.55. The molecule has 1 saturated heterocycles. The Balaban J connectivity index is 1.87. The second kappa shape index (κ2) is 7.08. The number of ether oxygens (including phenoxy) is 1. The smallest absolute Gasteiger partial charge is 0.251 e. The van der Waals surface area contributed by atoms with Gasteiger partial charge in [-0.05, 0) is 64.0 Å². The average molecular weight is 289 g/mol. The van der Waals surface area contributed by atoms with E-state index in [1.165, 1.54) is 5.56 Å². The fourth-order valence-corrected chi connectivity index (χ4v) is 3.37. The van der Waals surface area contributed by atoms with Gasteiger partial charge in [-0.15, -0.1) is 0 Å². The van der Waals surface area contributed by atoms with E-state index >= 15 is 0 Å². The number of benzene rings is 1. The number of nitrogens with one attached hydrogen (secondary N) is 1. The van der Waals surface area contributed by atoms with Crippen molar-refractivity contribution in [3.05, 3.63) is 34.4 Å². The highest BCUT2D eigenvalue weighted by molar-refractivity contribution is 5.97. The van der Waals surface area contributed by atoms with Gasteiger partial charge >= 0.3 is 0 Å². The highest BCUT2D eigenvalue weighted by Crippen LogP contribution is 2.22. The molecular weight excluding hydrogens is 262 g/mol. The van der Waals surface area contributed by atoms with E-state index < -0.39 is 0 Å². The molecule has 1 heterocycles. The third kappa shape index (κ3) is 4.31. The van der Waals surface area contributed by atoms with Crippen molar-refractivity contribution in [1.29, 1.82) is 0 Å². The average Bonchev–Trinajstić information content (AvgIpc) is 2.37. The van der Waals surface area contributed by atoms with Gasteiger partial charge in [0.2, 0.25) is 0 Å². The molecular formula is C18H27NO2. The molecule has 0 spiro atoms. The SMILES string of the molecule is Cc1cc(C)c(C(=O)NCC[C@@H]2CCO[C@@H](C)C2)c(C)c1. The van der Waals surface area contributed by atoms with Crippen LogP contribution in [0.25, 0.3) is 0 Å². The fourth-order valence-electron chi connectivity index (χ4n) is 3.37. The molecule has 0 aromatic heterocycles. The first-order valence-electron chi connectivity index (χ1n) is 7.95. The fraction of sp³-hybridized carbons (Fsp3) is 0.611. The summed E-state index contributed by atoms with van der Waals surface area (Å²) < 4.78 is 5.56. The number of hydrogen-bond donors (Lipinski definition) is 1. The van der Waals surface area contributed by atoms with Gasteiger partial charge in [-0.2, -0.15) is 0 Å². The highest BCUT2D eigenvalue weighted by atomic mass is 16.5. The Morgan fingerprint density at radius 2 is 1.95 bits per heavy atom. The molecule has 0 aliphatic carbocycles. The van der Waals surface area contributed by atoms with Gasteiger partial charge in [-0.25, -0.2) is 0 Å². The Bertz CT molecular complexity index is 487. The first kappa shape index (κ1) is 16.0. The van der Waals surface area contributed by atoms with Crippen LogP contribution in [0.15, 0.2) is 12.1 Å². The van der Waals surface area contributed by atoms with Crippen LogP contribution < -0.4 is 5.32 Å². The quantitative estimate of drug-likeness (QED) is 0.920. The van der Waals surface area contributed by atoms with Crippen LogP contribution in [0.4, 0.5) is 0 Å². The first-order valence-corrected chi connectivity index (χ1v) is 7.95. The molecule has 1 amide bonds. The lowest BCUT2D eigenvalue weighted by molar-refractivity contribution is 0.00109. The van der Waals surface area contributed by atoms with Gasteiger partial charge in [0, 0.05) is 18.7 Å². The molecule has 0 unspecified atom stereocenters. The molecule has 1 aliphatic rings. The molecule has 3 heteroatoms. The molecule has 116 valence electrons. The van der Waals surface area contributed by atoms with Gasteiger partial charge in [0.15, 0.2) is 0 Å². The number of carbonyl (C=O) groups is 1. The summed E-state index contributed by atoms with van der Waals surface area (Å²) in [5, 5.41) is 3.08. The van der Waals surface area contributed by atoms with E-state index in [0.717, 1.165) is 49.1 Å². The van der Waals surface area contributed by atoms with Gasteiger partial charge in [-0.1, -0.05) is 17.7 Å². The number of rotatable bonds is 4. The molecule has 1 aromatic carbocycles. The van der Waals surface area contributed by atoms with Crippen molar-refractivity contribution in [2.24, 2.45) is 5.92 Å². The maximum absolute atomic E-state index is 12.4. The maximum Gasteiger partial charge on any atom is 0.251 e. The highest BCUT2D eigenvalue weighted by Gasteiger charge is 2.19. The molecule has 1 N–H and O–H groups in total. The van der Waals surface area contributed by atoms with Crippen molar-refractivity contribution in [2.45, 2.75) is 53.1 Å². The largest absolute Gasteiger partial charge is 0.378 e. The van der Waals surface area contributed by atoms with Crippen LogP contribution in [-0.2, 0) is 4.74 Å². The van der Waals surface area contributed by atoms with E-state index in [1.807, 2.05) is 13.8 Å². The number of aryl methyl sites for hydroxylation is 3.